The van der Waals surface area contributed by atoms with E-state index >= 15 is 0 Å². The fourth-order valence-electron chi connectivity index (χ4n) is 2.45. The maximum Gasteiger partial charge on any atom is 0.331 e. The van der Waals surface area contributed by atoms with Crippen molar-refractivity contribution in [1.29, 1.82) is 0 Å². The zero-order valence-electron chi connectivity index (χ0n) is 9.98. The van der Waals surface area contributed by atoms with Crippen LogP contribution in [0.3, 0.4) is 0 Å². The minimum atomic E-state index is -0.745. The maximum absolute atomic E-state index is 11.3. The van der Waals surface area contributed by atoms with E-state index in [4.69, 9.17) is 0 Å². The van der Waals surface area contributed by atoms with Gasteiger partial charge < -0.3 is 5.11 Å². The van der Waals surface area contributed by atoms with Crippen LogP contribution in [-0.2, 0) is 4.79 Å². The third-order valence-corrected chi connectivity index (χ3v) is 3.35. The highest BCUT2D eigenvalue weighted by molar-refractivity contribution is 5.96. The third-order valence-electron chi connectivity index (χ3n) is 3.35. The Bertz CT molecular complexity index is 418. The van der Waals surface area contributed by atoms with Gasteiger partial charge in [0.25, 0.3) is 0 Å². The van der Waals surface area contributed by atoms with Crippen LogP contribution in [0.2, 0.25) is 0 Å². The zero-order chi connectivity index (χ0) is 12.1. The molecular weight excluding hydrogens is 212 g/mol. The molecule has 0 amide bonds. The molecule has 0 heterocycles. The van der Waals surface area contributed by atoms with Crippen molar-refractivity contribution in [3.63, 3.8) is 0 Å². The maximum atomic E-state index is 11.3. The highest BCUT2D eigenvalue weighted by Gasteiger charge is 2.17. The van der Waals surface area contributed by atoms with E-state index < -0.39 is 5.97 Å². The van der Waals surface area contributed by atoms with Crippen LogP contribution >= 0.6 is 0 Å². The molecule has 1 N–H and O–H groups in total. The molecule has 1 aliphatic carbocycles. The van der Waals surface area contributed by atoms with Crippen LogP contribution in [0.25, 0.3) is 5.57 Å². The van der Waals surface area contributed by atoms with Crippen molar-refractivity contribution in [3.05, 3.63) is 41.5 Å². The van der Waals surface area contributed by atoms with Crippen molar-refractivity contribution in [2.75, 3.05) is 0 Å². The molecule has 0 aromatic heterocycles. The number of aliphatic carboxylic acids is 1. The van der Waals surface area contributed by atoms with E-state index in [0.29, 0.717) is 12.0 Å². The molecule has 0 saturated heterocycles. The molecule has 0 radical (unpaired) electrons. The molecule has 2 heteroatoms. The van der Waals surface area contributed by atoms with Crippen LogP contribution < -0.4 is 0 Å². The SMILES string of the molecule is O=C(O)C1=C(c2ccccc2)CCCCCC1. The first-order chi connectivity index (χ1) is 8.29. The van der Waals surface area contributed by atoms with E-state index in [1.807, 2.05) is 30.3 Å². The van der Waals surface area contributed by atoms with Gasteiger partial charge in [0, 0.05) is 5.57 Å². The minimum Gasteiger partial charge on any atom is -0.478 e. The molecule has 2 rings (SSSR count). The Labute approximate surface area is 102 Å². The number of carboxylic acid groups (broad SMARTS) is 1. The standard InChI is InChI=1S/C15H18O2/c16-15(17)14-11-7-2-1-6-10-13(14)12-8-4-3-5-9-12/h3-5,8-9H,1-2,6-7,10-11H2,(H,16,17). The minimum absolute atomic E-state index is 0.621. The van der Waals surface area contributed by atoms with E-state index in [2.05, 4.69) is 0 Å². The summed E-state index contributed by atoms with van der Waals surface area (Å²) in [6, 6.07) is 9.94. The Morgan fingerprint density at radius 3 is 2.24 bits per heavy atom. The van der Waals surface area contributed by atoms with Crippen molar-refractivity contribution >= 4 is 11.5 Å². The largest absolute Gasteiger partial charge is 0.478 e. The second kappa shape index (κ2) is 5.67. The third kappa shape index (κ3) is 2.96. The lowest BCUT2D eigenvalue weighted by atomic mass is 9.89. The van der Waals surface area contributed by atoms with Gasteiger partial charge in [-0.2, -0.15) is 0 Å². The number of hydrogen-bond acceptors (Lipinski definition) is 1. The molecule has 0 unspecified atom stereocenters. The average Bonchev–Trinajstić information content (AvgIpc) is 2.29. The summed E-state index contributed by atoms with van der Waals surface area (Å²) in [4.78, 5) is 11.3. The number of hydrogen-bond donors (Lipinski definition) is 1. The smallest absolute Gasteiger partial charge is 0.331 e. The zero-order valence-corrected chi connectivity index (χ0v) is 9.98. The number of benzene rings is 1. The van der Waals surface area contributed by atoms with E-state index in [0.717, 1.165) is 36.8 Å². The van der Waals surface area contributed by atoms with Gasteiger partial charge in [-0.15, -0.1) is 0 Å². The van der Waals surface area contributed by atoms with Crippen LogP contribution in [0, 0.1) is 0 Å². The first-order valence-corrected chi connectivity index (χ1v) is 6.30. The lowest BCUT2D eigenvalue weighted by Crippen LogP contribution is -2.06. The highest BCUT2D eigenvalue weighted by Crippen LogP contribution is 2.30. The second-order valence-corrected chi connectivity index (χ2v) is 4.54. The first kappa shape index (κ1) is 11.9. The van der Waals surface area contributed by atoms with Gasteiger partial charge in [0.05, 0.1) is 0 Å². The van der Waals surface area contributed by atoms with Gasteiger partial charge in [-0.1, -0.05) is 43.2 Å². The molecule has 0 fully saturated rings. The Hall–Kier alpha value is -1.57. The molecule has 2 nitrogen and oxygen atoms in total. The van der Waals surface area contributed by atoms with E-state index in [-0.39, 0.29) is 0 Å². The van der Waals surface area contributed by atoms with Crippen molar-refractivity contribution in [1.82, 2.24) is 0 Å². The molecule has 1 aliphatic rings. The summed E-state index contributed by atoms with van der Waals surface area (Å²) in [7, 11) is 0. The molecule has 1 aromatic rings. The van der Waals surface area contributed by atoms with Crippen LogP contribution in [0.5, 0.6) is 0 Å². The van der Waals surface area contributed by atoms with Crippen LogP contribution in [0.1, 0.15) is 44.1 Å². The van der Waals surface area contributed by atoms with Crippen molar-refractivity contribution in [2.45, 2.75) is 38.5 Å². The van der Waals surface area contributed by atoms with Gasteiger partial charge in [0.1, 0.15) is 0 Å². The Morgan fingerprint density at radius 2 is 1.59 bits per heavy atom. The van der Waals surface area contributed by atoms with Gasteiger partial charge in [-0.25, -0.2) is 4.79 Å². The quantitative estimate of drug-likeness (QED) is 0.837. The van der Waals surface area contributed by atoms with E-state index in [1.54, 1.807) is 0 Å². The fourth-order valence-corrected chi connectivity index (χ4v) is 2.45. The summed E-state index contributed by atoms with van der Waals surface area (Å²) >= 11 is 0. The van der Waals surface area contributed by atoms with Crippen LogP contribution in [0.4, 0.5) is 0 Å². The summed E-state index contributed by atoms with van der Waals surface area (Å²) in [5.74, 6) is -0.745. The summed E-state index contributed by atoms with van der Waals surface area (Å²) in [5, 5.41) is 9.33. The van der Waals surface area contributed by atoms with E-state index in [1.165, 1.54) is 6.42 Å². The molecule has 17 heavy (non-hydrogen) atoms. The molecule has 90 valence electrons. The van der Waals surface area contributed by atoms with Gasteiger partial charge in [0.15, 0.2) is 0 Å². The first-order valence-electron chi connectivity index (χ1n) is 6.30. The number of carbonyl (C=O) groups is 1. The molecule has 0 aliphatic heterocycles. The predicted molar refractivity (Wildman–Crippen MR) is 68.7 cm³/mol. The summed E-state index contributed by atoms with van der Waals surface area (Å²) < 4.78 is 0. The van der Waals surface area contributed by atoms with Gasteiger partial charge in [-0.3, -0.25) is 0 Å². The number of carboxylic acids is 1. The molecule has 0 saturated carbocycles. The Morgan fingerprint density at radius 1 is 0.941 bits per heavy atom. The van der Waals surface area contributed by atoms with E-state index in [9.17, 15) is 9.90 Å². The van der Waals surface area contributed by atoms with Crippen LogP contribution in [-0.4, -0.2) is 11.1 Å². The highest BCUT2D eigenvalue weighted by atomic mass is 16.4. The predicted octanol–water partition coefficient (Wildman–Crippen LogP) is 3.88. The Kier molecular flexibility index (Phi) is 3.97. The molecule has 0 bridgehead atoms. The number of allylic oxidation sites excluding steroid dienone is 1. The van der Waals surface area contributed by atoms with Crippen LogP contribution in [0.15, 0.2) is 35.9 Å². The topological polar surface area (TPSA) is 37.3 Å². The summed E-state index contributed by atoms with van der Waals surface area (Å²) in [5.41, 5.74) is 2.74. The Balaban J connectivity index is 2.41. The fraction of sp³-hybridized carbons (Fsp3) is 0.400. The van der Waals surface area contributed by atoms with Crippen molar-refractivity contribution < 1.29 is 9.90 Å². The summed E-state index contributed by atoms with van der Waals surface area (Å²) in [6.07, 6.45) is 6.06. The molecular formula is C15H18O2. The molecule has 0 atom stereocenters. The lowest BCUT2D eigenvalue weighted by molar-refractivity contribution is -0.132. The summed E-state index contributed by atoms with van der Waals surface area (Å²) in [6.45, 7) is 0. The molecule has 0 spiro atoms. The van der Waals surface area contributed by atoms with Gasteiger partial charge in [-0.05, 0) is 36.8 Å². The number of rotatable bonds is 2. The van der Waals surface area contributed by atoms with Crippen molar-refractivity contribution in [2.24, 2.45) is 0 Å². The second-order valence-electron chi connectivity index (χ2n) is 4.54. The monoisotopic (exact) mass is 230 g/mol. The average molecular weight is 230 g/mol. The van der Waals surface area contributed by atoms with Crippen molar-refractivity contribution in [3.8, 4) is 0 Å². The van der Waals surface area contributed by atoms with Gasteiger partial charge >= 0.3 is 5.97 Å². The van der Waals surface area contributed by atoms with Gasteiger partial charge in [0.2, 0.25) is 0 Å². The normalized spacial score (nSPS) is 17.4. The lowest BCUT2D eigenvalue weighted by Gasteiger charge is -2.16. The molecule has 1 aromatic carbocycles.